The zero-order chi connectivity index (χ0) is 14.8. The summed E-state index contributed by atoms with van der Waals surface area (Å²) in [5, 5.41) is 7.42. The SMILES string of the molecule is COc1cc(Nc2nc(C)nc3ccnn23)cc(OC)c1. The standard InChI is InChI=1S/C14H15N5O2/c1-9-16-13-4-5-15-19(13)14(17-9)18-10-6-11(20-2)8-12(7-10)21-3/h4-8H,1-3H3,(H,16,17,18). The van der Waals surface area contributed by atoms with Crippen molar-refractivity contribution in [2.24, 2.45) is 0 Å². The number of anilines is 2. The molecule has 0 fully saturated rings. The Kier molecular flexibility index (Phi) is 3.31. The van der Waals surface area contributed by atoms with Crippen LogP contribution in [-0.2, 0) is 0 Å². The van der Waals surface area contributed by atoms with Gasteiger partial charge in [0.2, 0.25) is 5.95 Å². The van der Waals surface area contributed by atoms with Gasteiger partial charge in [-0.15, -0.1) is 0 Å². The highest BCUT2D eigenvalue weighted by Crippen LogP contribution is 2.27. The van der Waals surface area contributed by atoms with Crippen LogP contribution in [0.1, 0.15) is 5.82 Å². The molecule has 108 valence electrons. The molecule has 3 aromatic rings. The van der Waals surface area contributed by atoms with Crippen molar-refractivity contribution >= 4 is 17.3 Å². The number of ether oxygens (including phenoxy) is 2. The molecule has 3 rings (SSSR count). The van der Waals surface area contributed by atoms with Crippen molar-refractivity contribution in [1.82, 2.24) is 19.6 Å². The van der Waals surface area contributed by atoms with Crippen LogP contribution in [0.5, 0.6) is 11.5 Å². The number of nitrogens with zero attached hydrogens (tertiary/aromatic N) is 4. The van der Waals surface area contributed by atoms with Gasteiger partial charge in [-0.2, -0.15) is 14.6 Å². The van der Waals surface area contributed by atoms with Gasteiger partial charge in [-0.3, -0.25) is 0 Å². The highest BCUT2D eigenvalue weighted by molar-refractivity contribution is 5.61. The quantitative estimate of drug-likeness (QED) is 0.792. The second kappa shape index (κ2) is 5.28. The first-order valence-corrected chi connectivity index (χ1v) is 6.38. The van der Waals surface area contributed by atoms with E-state index in [9.17, 15) is 0 Å². The summed E-state index contributed by atoms with van der Waals surface area (Å²) in [5.74, 6) is 2.64. The van der Waals surface area contributed by atoms with Crippen molar-refractivity contribution in [2.45, 2.75) is 6.92 Å². The molecule has 1 aromatic carbocycles. The third-order valence-electron chi connectivity index (χ3n) is 2.98. The summed E-state index contributed by atoms with van der Waals surface area (Å²) in [7, 11) is 3.22. The van der Waals surface area contributed by atoms with Crippen LogP contribution in [0.2, 0.25) is 0 Å². The van der Waals surface area contributed by atoms with Gasteiger partial charge < -0.3 is 14.8 Å². The average molecular weight is 285 g/mol. The molecule has 7 heteroatoms. The maximum absolute atomic E-state index is 5.26. The third kappa shape index (κ3) is 2.58. The van der Waals surface area contributed by atoms with Gasteiger partial charge in [0.05, 0.1) is 20.4 Å². The van der Waals surface area contributed by atoms with Crippen LogP contribution < -0.4 is 14.8 Å². The van der Waals surface area contributed by atoms with Crippen molar-refractivity contribution in [3.05, 3.63) is 36.3 Å². The maximum Gasteiger partial charge on any atom is 0.232 e. The number of fused-ring (bicyclic) bond motifs is 1. The highest BCUT2D eigenvalue weighted by atomic mass is 16.5. The minimum atomic E-state index is 0.581. The second-order valence-electron chi connectivity index (χ2n) is 4.42. The van der Waals surface area contributed by atoms with Gasteiger partial charge in [0.15, 0.2) is 5.65 Å². The minimum absolute atomic E-state index is 0.581. The van der Waals surface area contributed by atoms with Gasteiger partial charge in [0, 0.05) is 30.0 Å². The first-order valence-electron chi connectivity index (χ1n) is 6.38. The van der Waals surface area contributed by atoms with Crippen molar-refractivity contribution in [3.63, 3.8) is 0 Å². The summed E-state index contributed by atoms with van der Waals surface area (Å²) >= 11 is 0. The normalized spacial score (nSPS) is 10.6. The number of benzene rings is 1. The molecule has 0 radical (unpaired) electrons. The molecule has 0 saturated carbocycles. The first-order chi connectivity index (χ1) is 10.2. The molecular weight excluding hydrogens is 270 g/mol. The lowest BCUT2D eigenvalue weighted by Crippen LogP contribution is -2.06. The highest BCUT2D eigenvalue weighted by Gasteiger charge is 2.08. The molecule has 21 heavy (non-hydrogen) atoms. The summed E-state index contributed by atoms with van der Waals surface area (Å²) in [6.45, 7) is 1.84. The Morgan fingerprint density at radius 2 is 1.76 bits per heavy atom. The molecule has 0 bridgehead atoms. The average Bonchev–Trinajstić information content (AvgIpc) is 2.95. The van der Waals surface area contributed by atoms with Crippen LogP contribution in [0.25, 0.3) is 5.65 Å². The fourth-order valence-corrected chi connectivity index (χ4v) is 2.03. The topological polar surface area (TPSA) is 73.6 Å². The lowest BCUT2D eigenvalue weighted by molar-refractivity contribution is 0.395. The Bertz CT molecular complexity index is 762. The molecule has 0 aliphatic rings. The first kappa shape index (κ1) is 13.2. The molecule has 2 heterocycles. The molecule has 0 aliphatic heterocycles. The zero-order valence-corrected chi connectivity index (χ0v) is 12.0. The van der Waals surface area contributed by atoms with E-state index in [0.717, 1.165) is 11.3 Å². The Labute approximate surface area is 121 Å². The smallest absolute Gasteiger partial charge is 0.232 e. The van der Waals surface area contributed by atoms with Crippen LogP contribution in [-0.4, -0.2) is 33.8 Å². The molecule has 7 nitrogen and oxygen atoms in total. The minimum Gasteiger partial charge on any atom is -0.497 e. The van der Waals surface area contributed by atoms with Crippen molar-refractivity contribution in [3.8, 4) is 11.5 Å². The van der Waals surface area contributed by atoms with E-state index in [0.29, 0.717) is 23.3 Å². The third-order valence-corrected chi connectivity index (χ3v) is 2.98. The van der Waals surface area contributed by atoms with E-state index in [1.54, 1.807) is 31.0 Å². The number of hydrogen-bond acceptors (Lipinski definition) is 6. The van der Waals surface area contributed by atoms with E-state index >= 15 is 0 Å². The lowest BCUT2D eigenvalue weighted by atomic mass is 10.3. The molecule has 0 atom stereocenters. The Hall–Kier alpha value is -2.83. The number of aromatic nitrogens is 4. The van der Waals surface area contributed by atoms with E-state index in [1.165, 1.54) is 0 Å². The van der Waals surface area contributed by atoms with Gasteiger partial charge in [-0.05, 0) is 6.92 Å². The van der Waals surface area contributed by atoms with Crippen molar-refractivity contribution in [1.29, 1.82) is 0 Å². The van der Waals surface area contributed by atoms with Gasteiger partial charge in [0.1, 0.15) is 17.3 Å². The summed E-state index contributed by atoms with van der Waals surface area (Å²) in [4.78, 5) is 8.68. The second-order valence-corrected chi connectivity index (χ2v) is 4.42. The maximum atomic E-state index is 5.26. The van der Waals surface area contributed by atoms with Gasteiger partial charge in [-0.25, -0.2) is 4.98 Å². The number of nitrogens with one attached hydrogen (secondary N) is 1. The summed E-state index contributed by atoms with van der Waals surface area (Å²) < 4.78 is 12.1. The van der Waals surface area contributed by atoms with Crippen LogP contribution in [0.3, 0.4) is 0 Å². The molecule has 0 saturated heterocycles. The number of methoxy groups -OCH3 is 2. The molecule has 0 aliphatic carbocycles. The van der Waals surface area contributed by atoms with Gasteiger partial charge in [0.25, 0.3) is 0 Å². The van der Waals surface area contributed by atoms with E-state index in [-0.39, 0.29) is 0 Å². The van der Waals surface area contributed by atoms with Gasteiger partial charge >= 0.3 is 0 Å². The van der Waals surface area contributed by atoms with E-state index in [1.807, 2.05) is 25.1 Å². The molecule has 2 aromatic heterocycles. The largest absolute Gasteiger partial charge is 0.497 e. The van der Waals surface area contributed by atoms with Crippen LogP contribution in [0.15, 0.2) is 30.5 Å². The van der Waals surface area contributed by atoms with Gasteiger partial charge in [-0.1, -0.05) is 0 Å². The Balaban J connectivity index is 2.03. The van der Waals surface area contributed by atoms with Crippen LogP contribution in [0.4, 0.5) is 11.6 Å². The molecule has 0 unspecified atom stereocenters. The lowest BCUT2D eigenvalue weighted by Gasteiger charge is -2.11. The van der Waals surface area contributed by atoms with E-state index in [4.69, 9.17) is 9.47 Å². The van der Waals surface area contributed by atoms with Crippen LogP contribution in [0, 0.1) is 6.92 Å². The molecule has 0 spiro atoms. The van der Waals surface area contributed by atoms with E-state index < -0.39 is 0 Å². The number of aryl methyl sites for hydroxylation is 1. The predicted molar refractivity (Wildman–Crippen MR) is 78.3 cm³/mol. The molecule has 1 N–H and O–H groups in total. The molecular formula is C14H15N5O2. The monoisotopic (exact) mass is 285 g/mol. The summed E-state index contributed by atoms with van der Waals surface area (Å²) in [6.07, 6.45) is 1.68. The Morgan fingerprint density at radius 1 is 1.05 bits per heavy atom. The fourth-order valence-electron chi connectivity index (χ4n) is 2.03. The van der Waals surface area contributed by atoms with Crippen LogP contribution >= 0.6 is 0 Å². The number of rotatable bonds is 4. The van der Waals surface area contributed by atoms with E-state index in [2.05, 4.69) is 20.4 Å². The summed E-state index contributed by atoms with van der Waals surface area (Å²) in [5.41, 5.74) is 1.53. The Morgan fingerprint density at radius 3 is 2.43 bits per heavy atom. The van der Waals surface area contributed by atoms with Crippen molar-refractivity contribution < 1.29 is 9.47 Å². The molecule has 0 amide bonds. The zero-order valence-electron chi connectivity index (χ0n) is 12.0. The number of hydrogen-bond donors (Lipinski definition) is 1. The van der Waals surface area contributed by atoms with Crippen molar-refractivity contribution in [2.75, 3.05) is 19.5 Å². The fraction of sp³-hybridized carbons (Fsp3) is 0.214. The summed E-state index contributed by atoms with van der Waals surface area (Å²) in [6, 6.07) is 7.34. The predicted octanol–water partition coefficient (Wildman–Crippen LogP) is 2.19.